The predicted molar refractivity (Wildman–Crippen MR) is 66.6 cm³/mol. The summed E-state index contributed by atoms with van der Waals surface area (Å²) in [5.41, 5.74) is 0.518. The molecule has 1 aliphatic heterocycles. The number of hydrogen-bond donors (Lipinski definition) is 1. The third-order valence-electron chi connectivity index (χ3n) is 3.50. The Morgan fingerprint density at radius 1 is 1.38 bits per heavy atom. The van der Waals surface area contributed by atoms with E-state index < -0.39 is 0 Å². The Hall–Kier alpha value is -0.120. The highest BCUT2D eigenvalue weighted by molar-refractivity contribution is 4.83. The molecule has 0 aromatic carbocycles. The van der Waals surface area contributed by atoms with Crippen LogP contribution in [0.25, 0.3) is 0 Å². The van der Waals surface area contributed by atoms with Crippen LogP contribution in [0, 0.1) is 5.41 Å². The van der Waals surface area contributed by atoms with E-state index in [0.29, 0.717) is 12.0 Å². The van der Waals surface area contributed by atoms with Crippen molar-refractivity contribution >= 4 is 0 Å². The molecule has 1 atom stereocenters. The second kappa shape index (κ2) is 7.25. The second-order valence-corrected chi connectivity index (χ2v) is 5.28. The van der Waals surface area contributed by atoms with Crippen molar-refractivity contribution in [3.05, 3.63) is 0 Å². The molecule has 16 heavy (non-hydrogen) atoms. The molecule has 0 bridgehead atoms. The van der Waals surface area contributed by atoms with Gasteiger partial charge in [-0.25, -0.2) is 0 Å². The summed E-state index contributed by atoms with van der Waals surface area (Å²) in [6.45, 7) is 9.48. The van der Waals surface area contributed by atoms with Crippen molar-refractivity contribution in [1.29, 1.82) is 0 Å². The summed E-state index contributed by atoms with van der Waals surface area (Å²) in [5.74, 6) is 0. The fourth-order valence-electron chi connectivity index (χ4n) is 2.79. The maximum absolute atomic E-state index is 8.62. The van der Waals surface area contributed by atoms with E-state index in [9.17, 15) is 0 Å². The van der Waals surface area contributed by atoms with E-state index in [1.807, 2.05) is 0 Å². The van der Waals surface area contributed by atoms with Crippen LogP contribution in [0.4, 0.5) is 0 Å². The first-order valence-electron chi connectivity index (χ1n) is 6.61. The van der Waals surface area contributed by atoms with Crippen LogP contribution in [0.3, 0.4) is 0 Å². The van der Waals surface area contributed by atoms with Crippen LogP contribution >= 0.6 is 0 Å². The van der Waals surface area contributed by atoms with Crippen molar-refractivity contribution < 1.29 is 9.84 Å². The number of aliphatic hydroxyl groups is 1. The van der Waals surface area contributed by atoms with Crippen LogP contribution in [0.15, 0.2) is 0 Å². The highest BCUT2D eigenvalue weighted by atomic mass is 16.5. The van der Waals surface area contributed by atoms with E-state index in [2.05, 4.69) is 18.7 Å². The SMILES string of the molecule is CCCC1(C)CCCN(CCOCCO)C1. The highest BCUT2D eigenvalue weighted by Crippen LogP contribution is 2.33. The molecule has 1 heterocycles. The number of ether oxygens (including phenoxy) is 1. The lowest BCUT2D eigenvalue weighted by atomic mass is 9.78. The molecule has 0 aromatic rings. The molecule has 3 nitrogen and oxygen atoms in total. The van der Waals surface area contributed by atoms with Crippen LogP contribution in [0.1, 0.15) is 39.5 Å². The van der Waals surface area contributed by atoms with Crippen molar-refractivity contribution in [3.63, 3.8) is 0 Å². The van der Waals surface area contributed by atoms with Crippen molar-refractivity contribution in [3.8, 4) is 0 Å². The van der Waals surface area contributed by atoms with E-state index >= 15 is 0 Å². The fraction of sp³-hybridized carbons (Fsp3) is 1.00. The summed E-state index contributed by atoms with van der Waals surface area (Å²) in [6.07, 6.45) is 5.30. The molecule has 1 saturated heterocycles. The van der Waals surface area contributed by atoms with Gasteiger partial charge in [0.05, 0.1) is 19.8 Å². The van der Waals surface area contributed by atoms with Gasteiger partial charge in [-0.15, -0.1) is 0 Å². The third-order valence-corrected chi connectivity index (χ3v) is 3.50. The minimum absolute atomic E-state index is 0.132. The molecule has 96 valence electrons. The van der Waals surface area contributed by atoms with E-state index in [1.165, 1.54) is 38.8 Å². The van der Waals surface area contributed by atoms with Crippen molar-refractivity contribution in [2.75, 3.05) is 39.5 Å². The van der Waals surface area contributed by atoms with Gasteiger partial charge in [0, 0.05) is 13.1 Å². The van der Waals surface area contributed by atoms with Gasteiger partial charge in [0.1, 0.15) is 0 Å². The number of likely N-dealkylation sites (tertiary alicyclic amines) is 1. The first kappa shape index (κ1) is 13.9. The normalized spacial score (nSPS) is 27.2. The molecule has 0 aliphatic carbocycles. The maximum atomic E-state index is 8.62. The molecule has 3 heteroatoms. The number of aliphatic hydroxyl groups excluding tert-OH is 1. The van der Waals surface area contributed by atoms with Gasteiger partial charge in [-0.3, -0.25) is 0 Å². The van der Waals surface area contributed by atoms with Gasteiger partial charge in [0.25, 0.3) is 0 Å². The minimum Gasteiger partial charge on any atom is -0.394 e. The standard InChI is InChI=1S/C13H27NO2/c1-3-5-13(2)6-4-7-14(12-13)8-10-16-11-9-15/h15H,3-12H2,1-2H3. The van der Waals surface area contributed by atoms with Gasteiger partial charge in [0.2, 0.25) is 0 Å². The second-order valence-electron chi connectivity index (χ2n) is 5.28. The number of piperidine rings is 1. The Kier molecular flexibility index (Phi) is 6.32. The minimum atomic E-state index is 0.132. The van der Waals surface area contributed by atoms with E-state index in [4.69, 9.17) is 9.84 Å². The molecule has 1 aliphatic rings. The zero-order chi connectivity index (χ0) is 11.9. The highest BCUT2D eigenvalue weighted by Gasteiger charge is 2.29. The Labute approximate surface area is 99.8 Å². The molecular weight excluding hydrogens is 202 g/mol. The first-order chi connectivity index (χ1) is 7.70. The topological polar surface area (TPSA) is 32.7 Å². The van der Waals surface area contributed by atoms with Crippen LogP contribution < -0.4 is 0 Å². The molecule has 0 spiro atoms. The molecular formula is C13H27NO2. The average Bonchev–Trinajstić information content (AvgIpc) is 2.24. The van der Waals surface area contributed by atoms with Gasteiger partial charge in [0.15, 0.2) is 0 Å². The largest absolute Gasteiger partial charge is 0.394 e. The lowest BCUT2D eigenvalue weighted by Crippen LogP contribution is -2.43. The molecule has 1 rings (SSSR count). The lowest BCUT2D eigenvalue weighted by molar-refractivity contribution is 0.0426. The molecule has 1 N–H and O–H groups in total. The van der Waals surface area contributed by atoms with Gasteiger partial charge in [-0.05, 0) is 31.2 Å². The smallest absolute Gasteiger partial charge is 0.0698 e. The molecule has 1 unspecified atom stereocenters. The van der Waals surface area contributed by atoms with Crippen molar-refractivity contribution in [2.24, 2.45) is 5.41 Å². The van der Waals surface area contributed by atoms with Gasteiger partial charge >= 0.3 is 0 Å². The summed E-state index contributed by atoms with van der Waals surface area (Å²) in [7, 11) is 0. The summed E-state index contributed by atoms with van der Waals surface area (Å²) >= 11 is 0. The van der Waals surface area contributed by atoms with Crippen molar-refractivity contribution in [2.45, 2.75) is 39.5 Å². The monoisotopic (exact) mass is 229 g/mol. The quantitative estimate of drug-likeness (QED) is 0.677. The lowest BCUT2D eigenvalue weighted by Gasteiger charge is -2.40. The van der Waals surface area contributed by atoms with E-state index in [-0.39, 0.29) is 6.61 Å². The Morgan fingerprint density at radius 2 is 2.19 bits per heavy atom. The van der Waals surface area contributed by atoms with Crippen LogP contribution in [0.5, 0.6) is 0 Å². The van der Waals surface area contributed by atoms with E-state index in [1.54, 1.807) is 0 Å². The maximum Gasteiger partial charge on any atom is 0.0698 e. The summed E-state index contributed by atoms with van der Waals surface area (Å²) < 4.78 is 5.32. The van der Waals surface area contributed by atoms with Crippen molar-refractivity contribution in [1.82, 2.24) is 4.90 Å². The molecule has 0 aromatic heterocycles. The molecule has 0 saturated carbocycles. The molecule has 1 fully saturated rings. The fourth-order valence-corrected chi connectivity index (χ4v) is 2.79. The van der Waals surface area contributed by atoms with Gasteiger partial charge in [-0.1, -0.05) is 20.3 Å². The van der Waals surface area contributed by atoms with E-state index in [0.717, 1.165) is 13.2 Å². The Balaban J connectivity index is 2.22. The van der Waals surface area contributed by atoms with Crippen LogP contribution in [-0.4, -0.2) is 49.5 Å². The van der Waals surface area contributed by atoms with Crippen LogP contribution in [0.2, 0.25) is 0 Å². The number of nitrogens with zero attached hydrogens (tertiary/aromatic N) is 1. The number of hydrogen-bond acceptors (Lipinski definition) is 3. The first-order valence-corrected chi connectivity index (χ1v) is 6.61. The Morgan fingerprint density at radius 3 is 2.88 bits per heavy atom. The number of rotatable bonds is 7. The van der Waals surface area contributed by atoms with Gasteiger partial charge in [-0.2, -0.15) is 0 Å². The zero-order valence-corrected chi connectivity index (χ0v) is 10.9. The molecule has 0 radical (unpaired) electrons. The third kappa shape index (κ3) is 4.81. The van der Waals surface area contributed by atoms with Gasteiger partial charge < -0.3 is 14.7 Å². The zero-order valence-electron chi connectivity index (χ0n) is 10.9. The Bertz CT molecular complexity index is 183. The predicted octanol–water partition coefficient (Wildman–Crippen LogP) is 1.90. The summed E-state index contributed by atoms with van der Waals surface area (Å²) in [6, 6.07) is 0. The summed E-state index contributed by atoms with van der Waals surface area (Å²) in [4.78, 5) is 2.51. The summed E-state index contributed by atoms with van der Waals surface area (Å²) in [5, 5.41) is 8.62. The van der Waals surface area contributed by atoms with Crippen LogP contribution in [-0.2, 0) is 4.74 Å². The average molecular weight is 229 g/mol. The molecule has 0 amide bonds.